The highest BCUT2D eigenvalue weighted by molar-refractivity contribution is 6.09. The zero-order chi connectivity index (χ0) is 15.6. The van der Waals surface area contributed by atoms with Crippen molar-refractivity contribution in [3.8, 4) is 0 Å². The van der Waals surface area contributed by atoms with E-state index in [1.807, 2.05) is 26.3 Å². The lowest BCUT2D eigenvalue weighted by Gasteiger charge is -2.38. The number of aliphatic hydroxyl groups is 1. The van der Waals surface area contributed by atoms with Gasteiger partial charge in [0, 0.05) is 29.7 Å². The molecule has 0 aliphatic heterocycles. The number of Topliss-reactive ketones (excluding diaryl/α,β-unsaturated/α-hetero) is 1. The van der Waals surface area contributed by atoms with Crippen LogP contribution in [0.25, 0.3) is 0 Å². The molecule has 0 aromatic rings. The molecule has 0 heterocycles. The molecular weight excluding hydrogens is 268 g/mol. The molecule has 1 unspecified atom stereocenters. The Kier molecular flexibility index (Phi) is 2.81. The number of allylic oxidation sites excluding steroid dienone is 1. The van der Waals surface area contributed by atoms with Gasteiger partial charge in [0.2, 0.25) is 0 Å². The van der Waals surface area contributed by atoms with Crippen LogP contribution in [0.15, 0.2) is 22.8 Å². The van der Waals surface area contributed by atoms with E-state index >= 15 is 0 Å². The molecular formula is C17H21O4. The quantitative estimate of drug-likeness (QED) is 0.791. The highest BCUT2D eigenvalue weighted by atomic mass is 16.5. The summed E-state index contributed by atoms with van der Waals surface area (Å²) in [6.07, 6.45) is 5.54. The second-order valence-electron chi connectivity index (χ2n) is 7.01. The van der Waals surface area contributed by atoms with Crippen LogP contribution in [0.1, 0.15) is 40.5 Å². The lowest BCUT2D eigenvalue weighted by Crippen LogP contribution is -2.49. The Bertz CT molecular complexity index is 604. The number of esters is 1. The Labute approximate surface area is 124 Å². The first-order valence-electron chi connectivity index (χ1n) is 7.34. The van der Waals surface area contributed by atoms with Gasteiger partial charge in [-0.25, -0.2) is 0 Å². The summed E-state index contributed by atoms with van der Waals surface area (Å²) in [5, 5.41) is 10.7. The molecule has 1 radical (unpaired) electrons. The van der Waals surface area contributed by atoms with Crippen molar-refractivity contribution in [2.75, 3.05) is 6.61 Å². The van der Waals surface area contributed by atoms with Crippen molar-refractivity contribution in [1.29, 1.82) is 0 Å². The third-order valence-electron chi connectivity index (χ3n) is 5.32. The van der Waals surface area contributed by atoms with E-state index < -0.39 is 11.0 Å². The zero-order valence-corrected chi connectivity index (χ0v) is 12.9. The van der Waals surface area contributed by atoms with Gasteiger partial charge in [-0.2, -0.15) is 0 Å². The molecule has 0 saturated heterocycles. The van der Waals surface area contributed by atoms with E-state index in [2.05, 4.69) is 0 Å². The maximum Gasteiger partial charge on any atom is 0.302 e. The van der Waals surface area contributed by atoms with Crippen molar-refractivity contribution < 1.29 is 19.4 Å². The second kappa shape index (κ2) is 4.07. The number of rotatable bonds is 2. The van der Waals surface area contributed by atoms with Crippen LogP contribution in [-0.4, -0.2) is 29.1 Å². The molecule has 0 aromatic heterocycles. The maximum absolute atomic E-state index is 12.7. The predicted octanol–water partition coefficient (Wildman–Crippen LogP) is 2.13. The van der Waals surface area contributed by atoms with E-state index in [0.717, 1.165) is 24.0 Å². The van der Waals surface area contributed by atoms with Crippen LogP contribution >= 0.6 is 0 Å². The van der Waals surface area contributed by atoms with Crippen molar-refractivity contribution in [3.63, 3.8) is 0 Å². The molecule has 1 N–H and O–H groups in total. The normalized spacial score (nSPS) is 36.6. The van der Waals surface area contributed by atoms with Gasteiger partial charge in [0.05, 0.1) is 0 Å². The van der Waals surface area contributed by atoms with Crippen molar-refractivity contribution >= 4 is 11.8 Å². The number of ketones is 1. The monoisotopic (exact) mass is 289 g/mol. The van der Waals surface area contributed by atoms with Gasteiger partial charge in [-0.3, -0.25) is 9.59 Å². The minimum atomic E-state index is -1.33. The van der Waals surface area contributed by atoms with Crippen LogP contribution in [-0.2, 0) is 14.3 Å². The smallest absolute Gasteiger partial charge is 0.302 e. The van der Waals surface area contributed by atoms with Crippen molar-refractivity contribution in [2.45, 2.75) is 46.1 Å². The van der Waals surface area contributed by atoms with E-state index in [0.29, 0.717) is 5.57 Å². The molecule has 1 spiro atoms. The summed E-state index contributed by atoms with van der Waals surface area (Å²) < 4.78 is 5.11. The predicted molar refractivity (Wildman–Crippen MR) is 77.1 cm³/mol. The highest BCUT2D eigenvalue weighted by Crippen LogP contribution is 2.65. The summed E-state index contributed by atoms with van der Waals surface area (Å²) in [6, 6.07) is 0. The largest absolute Gasteiger partial charge is 0.465 e. The lowest BCUT2D eigenvalue weighted by atomic mass is 9.68. The molecule has 3 aliphatic rings. The Balaban J connectivity index is 2.01. The van der Waals surface area contributed by atoms with Crippen LogP contribution in [0, 0.1) is 17.3 Å². The molecule has 3 rings (SSSR count). The Morgan fingerprint density at radius 1 is 1.38 bits per heavy atom. The van der Waals surface area contributed by atoms with Gasteiger partial charge in [-0.1, -0.05) is 18.6 Å². The zero-order valence-electron chi connectivity index (χ0n) is 12.9. The van der Waals surface area contributed by atoms with Gasteiger partial charge >= 0.3 is 5.97 Å². The minimum absolute atomic E-state index is 0.205. The standard InChI is InChI=1S/C17H21O4/c1-10-12-7-15(3,9-21-11(2)18)8-13(12)14(19)16(4,20)17(10)5-6-17/h7-8,20H,5-6,9H2,1-4H3/t15?,16-/m0/s1. The summed E-state index contributed by atoms with van der Waals surface area (Å²) in [5.41, 5.74) is 0.393. The molecule has 21 heavy (non-hydrogen) atoms. The molecule has 4 heteroatoms. The molecule has 1 saturated carbocycles. The molecule has 2 atom stereocenters. The first-order chi connectivity index (χ1) is 9.63. The van der Waals surface area contributed by atoms with Gasteiger partial charge in [0.15, 0.2) is 5.78 Å². The highest BCUT2D eigenvalue weighted by Gasteiger charge is 2.65. The van der Waals surface area contributed by atoms with E-state index in [1.165, 1.54) is 6.92 Å². The van der Waals surface area contributed by atoms with E-state index in [-0.39, 0.29) is 23.8 Å². The van der Waals surface area contributed by atoms with Crippen molar-refractivity contribution in [3.05, 3.63) is 29.2 Å². The Morgan fingerprint density at radius 3 is 2.52 bits per heavy atom. The summed E-state index contributed by atoms with van der Waals surface area (Å²) in [7, 11) is 0. The van der Waals surface area contributed by atoms with Crippen molar-refractivity contribution in [1.82, 2.24) is 0 Å². The molecule has 3 aliphatic carbocycles. The number of hydrogen-bond donors (Lipinski definition) is 1. The van der Waals surface area contributed by atoms with Crippen LogP contribution in [0.4, 0.5) is 0 Å². The number of carbonyl (C=O) groups is 2. The average Bonchev–Trinajstić information content (AvgIpc) is 3.13. The average molecular weight is 289 g/mol. The number of ether oxygens (including phenoxy) is 1. The molecule has 1 fully saturated rings. The molecule has 0 aromatic carbocycles. The van der Waals surface area contributed by atoms with Crippen LogP contribution in [0.3, 0.4) is 0 Å². The summed E-state index contributed by atoms with van der Waals surface area (Å²) in [5.74, 6) is -0.538. The number of hydrogen-bond acceptors (Lipinski definition) is 4. The molecule has 0 bridgehead atoms. The topological polar surface area (TPSA) is 63.6 Å². The summed E-state index contributed by atoms with van der Waals surface area (Å²) in [4.78, 5) is 23.7. The van der Waals surface area contributed by atoms with Crippen molar-refractivity contribution in [2.24, 2.45) is 10.8 Å². The molecule has 0 amide bonds. The number of fused-ring (bicyclic) bond motifs is 1. The lowest BCUT2D eigenvalue weighted by molar-refractivity contribution is -0.142. The van der Waals surface area contributed by atoms with E-state index in [1.54, 1.807) is 6.92 Å². The Hall–Kier alpha value is -1.42. The van der Waals surface area contributed by atoms with Gasteiger partial charge in [0.25, 0.3) is 0 Å². The fourth-order valence-corrected chi connectivity index (χ4v) is 3.78. The minimum Gasteiger partial charge on any atom is -0.465 e. The summed E-state index contributed by atoms with van der Waals surface area (Å²) >= 11 is 0. The first kappa shape index (κ1) is 14.5. The SMILES string of the molecule is CC(=O)OCC1(C)[CH]C2=C(C)C3(CC3)[C@@](C)(O)C(=O)C2=C1. The van der Waals surface area contributed by atoms with Crippen LogP contribution in [0.5, 0.6) is 0 Å². The van der Waals surface area contributed by atoms with Gasteiger partial charge < -0.3 is 9.84 Å². The van der Waals surface area contributed by atoms with E-state index in [9.17, 15) is 14.7 Å². The van der Waals surface area contributed by atoms with E-state index in [4.69, 9.17) is 4.74 Å². The third kappa shape index (κ3) is 1.85. The molecule has 113 valence electrons. The third-order valence-corrected chi connectivity index (χ3v) is 5.32. The van der Waals surface area contributed by atoms with Gasteiger partial charge in [-0.15, -0.1) is 0 Å². The second-order valence-corrected chi connectivity index (χ2v) is 7.01. The Morgan fingerprint density at radius 2 is 2.00 bits per heavy atom. The maximum atomic E-state index is 12.7. The summed E-state index contributed by atoms with van der Waals surface area (Å²) in [6.45, 7) is 7.16. The fraction of sp³-hybridized carbons (Fsp3) is 0.588. The molecule has 4 nitrogen and oxygen atoms in total. The van der Waals surface area contributed by atoms with Gasteiger partial charge in [0.1, 0.15) is 12.2 Å². The fourth-order valence-electron chi connectivity index (χ4n) is 3.78. The van der Waals surface area contributed by atoms with Gasteiger partial charge in [-0.05, 0) is 32.3 Å². The number of carbonyl (C=O) groups excluding carboxylic acids is 2. The van der Waals surface area contributed by atoms with Crippen LogP contribution < -0.4 is 0 Å². The van der Waals surface area contributed by atoms with Crippen LogP contribution in [0.2, 0.25) is 0 Å². The first-order valence-corrected chi connectivity index (χ1v) is 7.34.